The van der Waals surface area contributed by atoms with Crippen molar-refractivity contribution in [2.24, 2.45) is 0 Å². The smallest absolute Gasteiger partial charge is 0.227 e. The Hall–Kier alpha value is -2.56. The molecule has 0 aliphatic carbocycles. The minimum Gasteiger partial charge on any atom is -0.367 e. The number of benzene rings is 1. The molecule has 1 aliphatic rings. The second-order valence-electron chi connectivity index (χ2n) is 7.11. The molecule has 0 spiro atoms. The van der Waals surface area contributed by atoms with Gasteiger partial charge in [-0.3, -0.25) is 9.59 Å². The van der Waals surface area contributed by atoms with Gasteiger partial charge in [0.15, 0.2) is 0 Å². The minimum absolute atomic E-state index is 0.132. The van der Waals surface area contributed by atoms with Crippen molar-refractivity contribution >= 4 is 11.8 Å². The van der Waals surface area contributed by atoms with E-state index >= 15 is 0 Å². The quantitative estimate of drug-likeness (QED) is 0.918. The number of hydrogen-bond donors (Lipinski definition) is 1. The second kappa shape index (κ2) is 8.21. The lowest BCUT2D eigenvalue weighted by molar-refractivity contribution is -0.132. The zero-order chi connectivity index (χ0) is 18.5. The molecule has 1 aromatic heterocycles. The molecule has 2 heterocycles. The Bertz CT molecular complexity index is 768. The highest BCUT2D eigenvalue weighted by molar-refractivity contribution is 5.80. The highest BCUT2D eigenvalue weighted by Crippen LogP contribution is 2.13. The van der Waals surface area contributed by atoms with Gasteiger partial charge in [0.25, 0.3) is 0 Å². The summed E-state index contributed by atoms with van der Waals surface area (Å²) in [4.78, 5) is 31.9. The number of carbonyl (C=O) groups excluding carboxylic acids is 2. The molecule has 26 heavy (non-hydrogen) atoms. The molecule has 5 nitrogen and oxygen atoms in total. The lowest BCUT2D eigenvalue weighted by Gasteiger charge is -2.22. The number of carbonyl (C=O) groups is 2. The van der Waals surface area contributed by atoms with Crippen LogP contribution in [-0.4, -0.2) is 52.8 Å². The highest BCUT2D eigenvalue weighted by Gasteiger charge is 2.22. The molecule has 1 saturated heterocycles. The van der Waals surface area contributed by atoms with Crippen molar-refractivity contribution in [1.29, 1.82) is 0 Å². The van der Waals surface area contributed by atoms with E-state index in [0.717, 1.165) is 30.6 Å². The van der Waals surface area contributed by atoms with Crippen LogP contribution in [0.25, 0.3) is 0 Å². The first-order chi connectivity index (χ1) is 12.5. The summed E-state index contributed by atoms with van der Waals surface area (Å²) in [6.07, 6.45) is 5.36. The lowest BCUT2D eigenvalue weighted by atomic mass is 10.0. The number of nitrogens with one attached hydrogen (secondary N) is 1. The summed E-state index contributed by atoms with van der Waals surface area (Å²) < 4.78 is 0. The Balaban J connectivity index is 1.54. The van der Waals surface area contributed by atoms with Gasteiger partial charge in [-0.15, -0.1) is 0 Å². The van der Waals surface area contributed by atoms with Gasteiger partial charge in [0.1, 0.15) is 0 Å². The van der Waals surface area contributed by atoms with Crippen LogP contribution in [0.1, 0.15) is 28.7 Å². The summed E-state index contributed by atoms with van der Waals surface area (Å²) in [5, 5.41) is 0. The van der Waals surface area contributed by atoms with E-state index in [1.165, 1.54) is 11.1 Å². The first-order valence-corrected chi connectivity index (χ1v) is 9.26. The highest BCUT2D eigenvalue weighted by atomic mass is 16.2. The molecule has 0 bridgehead atoms. The van der Waals surface area contributed by atoms with E-state index in [9.17, 15) is 9.59 Å². The third kappa shape index (κ3) is 4.54. The monoisotopic (exact) mass is 353 g/mol. The molecule has 0 saturated carbocycles. The third-order valence-electron chi connectivity index (χ3n) is 5.15. The van der Waals surface area contributed by atoms with Gasteiger partial charge < -0.3 is 14.8 Å². The Morgan fingerprint density at radius 3 is 2.12 bits per heavy atom. The fourth-order valence-corrected chi connectivity index (χ4v) is 3.37. The van der Waals surface area contributed by atoms with Crippen molar-refractivity contribution in [3.05, 3.63) is 58.9 Å². The van der Waals surface area contributed by atoms with E-state index in [1.807, 2.05) is 34.3 Å². The summed E-state index contributed by atoms with van der Waals surface area (Å²) >= 11 is 0. The molecule has 0 unspecified atom stereocenters. The topological polar surface area (TPSA) is 56.4 Å². The SMILES string of the molecule is Cc1ccc(CC(=O)N2CCCN(C(=O)Cc3cc[nH]c3)CC2)cc1C. The van der Waals surface area contributed by atoms with Crippen molar-refractivity contribution < 1.29 is 9.59 Å². The molecule has 1 N–H and O–H groups in total. The Kier molecular flexibility index (Phi) is 5.76. The molecule has 1 aliphatic heterocycles. The number of aryl methyl sites for hydroxylation is 2. The second-order valence-corrected chi connectivity index (χ2v) is 7.11. The van der Waals surface area contributed by atoms with Gasteiger partial charge in [0, 0.05) is 38.6 Å². The zero-order valence-electron chi connectivity index (χ0n) is 15.6. The predicted molar refractivity (Wildman–Crippen MR) is 102 cm³/mol. The van der Waals surface area contributed by atoms with Crippen molar-refractivity contribution in [3.63, 3.8) is 0 Å². The van der Waals surface area contributed by atoms with Gasteiger partial charge in [0.05, 0.1) is 12.8 Å². The molecular formula is C21H27N3O2. The minimum atomic E-state index is 0.132. The van der Waals surface area contributed by atoms with E-state index in [4.69, 9.17) is 0 Å². The first-order valence-electron chi connectivity index (χ1n) is 9.26. The third-order valence-corrected chi connectivity index (χ3v) is 5.15. The maximum Gasteiger partial charge on any atom is 0.227 e. The summed E-state index contributed by atoms with van der Waals surface area (Å²) in [6.45, 7) is 6.82. The zero-order valence-corrected chi connectivity index (χ0v) is 15.6. The standard InChI is InChI=1S/C21H27N3O2/c1-16-4-5-18(12-17(16)2)13-20(25)23-8-3-9-24(11-10-23)21(26)14-19-6-7-22-15-19/h4-7,12,15,22H,3,8-11,13-14H2,1-2H3. The Morgan fingerprint density at radius 1 is 0.885 bits per heavy atom. The number of aromatic nitrogens is 1. The van der Waals surface area contributed by atoms with Crippen LogP contribution < -0.4 is 0 Å². The van der Waals surface area contributed by atoms with Crippen molar-refractivity contribution in [1.82, 2.24) is 14.8 Å². The number of amides is 2. The average Bonchev–Trinajstić information content (AvgIpc) is 2.99. The van der Waals surface area contributed by atoms with Gasteiger partial charge in [-0.2, -0.15) is 0 Å². The van der Waals surface area contributed by atoms with Crippen LogP contribution in [0.2, 0.25) is 0 Å². The van der Waals surface area contributed by atoms with Gasteiger partial charge in [-0.05, 0) is 48.6 Å². The summed E-state index contributed by atoms with van der Waals surface area (Å²) in [7, 11) is 0. The fraction of sp³-hybridized carbons (Fsp3) is 0.429. The van der Waals surface area contributed by atoms with Crippen LogP contribution in [-0.2, 0) is 22.4 Å². The molecule has 1 fully saturated rings. The summed E-state index contributed by atoms with van der Waals surface area (Å²) in [5.74, 6) is 0.279. The fourth-order valence-electron chi connectivity index (χ4n) is 3.37. The van der Waals surface area contributed by atoms with Crippen LogP contribution in [0, 0.1) is 13.8 Å². The molecule has 2 amide bonds. The maximum atomic E-state index is 12.7. The molecule has 0 atom stereocenters. The number of aromatic amines is 1. The van der Waals surface area contributed by atoms with Gasteiger partial charge >= 0.3 is 0 Å². The van der Waals surface area contributed by atoms with E-state index in [0.29, 0.717) is 25.9 Å². The van der Waals surface area contributed by atoms with E-state index in [1.54, 1.807) is 0 Å². The number of nitrogens with zero attached hydrogens (tertiary/aromatic N) is 2. The van der Waals surface area contributed by atoms with Crippen LogP contribution in [0.5, 0.6) is 0 Å². The Morgan fingerprint density at radius 2 is 1.54 bits per heavy atom. The predicted octanol–water partition coefficient (Wildman–Crippen LogP) is 2.48. The lowest BCUT2D eigenvalue weighted by Crippen LogP contribution is -2.38. The molecule has 2 aromatic rings. The van der Waals surface area contributed by atoms with Gasteiger partial charge in [-0.25, -0.2) is 0 Å². The first kappa shape index (κ1) is 18.2. The van der Waals surface area contributed by atoms with E-state index in [-0.39, 0.29) is 11.8 Å². The molecular weight excluding hydrogens is 326 g/mol. The number of hydrogen-bond acceptors (Lipinski definition) is 2. The molecule has 1 aromatic carbocycles. The maximum absolute atomic E-state index is 12.7. The number of rotatable bonds is 4. The Labute approximate surface area is 155 Å². The summed E-state index contributed by atoms with van der Waals surface area (Å²) in [6, 6.07) is 8.12. The van der Waals surface area contributed by atoms with E-state index in [2.05, 4.69) is 31.0 Å². The average molecular weight is 353 g/mol. The van der Waals surface area contributed by atoms with Crippen LogP contribution in [0.15, 0.2) is 36.7 Å². The number of H-pyrrole nitrogens is 1. The molecule has 0 radical (unpaired) electrons. The molecule has 138 valence electrons. The van der Waals surface area contributed by atoms with Gasteiger partial charge in [0.2, 0.25) is 11.8 Å². The van der Waals surface area contributed by atoms with Crippen LogP contribution in [0.4, 0.5) is 0 Å². The molecule has 5 heteroatoms. The molecule has 3 rings (SSSR count). The van der Waals surface area contributed by atoms with Crippen molar-refractivity contribution in [2.75, 3.05) is 26.2 Å². The van der Waals surface area contributed by atoms with E-state index < -0.39 is 0 Å². The van der Waals surface area contributed by atoms with Crippen molar-refractivity contribution in [3.8, 4) is 0 Å². The van der Waals surface area contributed by atoms with Gasteiger partial charge in [-0.1, -0.05) is 18.2 Å². The summed E-state index contributed by atoms with van der Waals surface area (Å²) in [5.41, 5.74) is 4.52. The van der Waals surface area contributed by atoms with Crippen LogP contribution in [0.3, 0.4) is 0 Å². The van der Waals surface area contributed by atoms with Crippen LogP contribution >= 0.6 is 0 Å². The normalized spacial score (nSPS) is 15.0. The largest absolute Gasteiger partial charge is 0.367 e. The van der Waals surface area contributed by atoms with Crippen molar-refractivity contribution in [2.45, 2.75) is 33.1 Å².